The van der Waals surface area contributed by atoms with Crippen molar-refractivity contribution in [3.63, 3.8) is 0 Å². The molecule has 0 spiro atoms. The second-order valence-corrected chi connectivity index (χ2v) is 7.38. The van der Waals surface area contributed by atoms with E-state index in [-0.39, 0.29) is 0 Å². The van der Waals surface area contributed by atoms with Gasteiger partial charge < -0.3 is 0 Å². The van der Waals surface area contributed by atoms with Crippen LogP contribution in [0.3, 0.4) is 0 Å². The van der Waals surface area contributed by atoms with E-state index in [0.717, 1.165) is 11.8 Å². The molecule has 0 heteroatoms. The highest BCUT2D eigenvalue weighted by Crippen LogP contribution is 2.51. The summed E-state index contributed by atoms with van der Waals surface area (Å²) in [5.41, 5.74) is 1.18. The maximum absolute atomic E-state index is 2.53. The predicted octanol–water partition coefficient (Wildman–Crippen LogP) is 5.28. The van der Waals surface area contributed by atoms with Crippen molar-refractivity contribution >= 4 is 0 Å². The summed E-state index contributed by atoms with van der Waals surface area (Å²) in [7, 11) is 0. The summed E-state index contributed by atoms with van der Waals surface area (Å²) in [4.78, 5) is 0. The number of rotatable bonds is 3. The molecular formula is C15H30. The minimum Gasteiger partial charge on any atom is -0.0628 e. The van der Waals surface area contributed by atoms with Gasteiger partial charge in [0.2, 0.25) is 0 Å². The van der Waals surface area contributed by atoms with E-state index in [1.807, 2.05) is 0 Å². The average Bonchev–Trinajstić information content (AvgIpc) is 1.99. The monoisotopic (exact) mass is 210 g/mol. The van der Waals surface area contributed by atoms with E-state index in [1.54, 1.807) is 0 Å². The molecule has 1 aliphatic carbocycles. The highest BCUT2D eigenvalue weighted by Gasteiger charge is 2.39. The Hall–Kier alpha value is 0. The van der Waals surface area contributed by atoms with Gasteiger partial charge in [-0.3, -0.25) is 0 Å². The Kier molecular flexibility index (Phi) is 3.90. The van der Waals surface area contributed by atoms with Crippen molar-refractivity contribution in [3.05, 3.63) is 0 Å². The third-order valence-corrected chi connectivity index (χ3v) is 4.50. The van der Waals surface area contributed by atoms with E-state index >= 15 is 0 Å². The minimum atomic E-state index is 0.582. The summed E-state index contributed by atoms with van der Waals surface area (Å²) in [6, 6.07) is 0. The maximum Gasteiger partial charge on any atom is -0.0295 e. The van der Waals surface area contributed by atoms with Crippen molar-refractivity contribution in [2.24, 2.45) is 22.7 Å². The van der Waals surface area contributed by atoms with Crippen LogP contribution in [-0.4, -0.2) is 0 Å². The Balaban J connectivity index is 2.64. The zero-order chi connectivity index (χ0) is 11.7. The third kappa shape index (κ3) is 3.50. The molecule has 2 atom stereocenters. The first-order valence-corrected chi connectivity index (χ1v) is 6.75. The zero-order valence-electron chi connectivity index (χ0n) is 11.7. The van der Waals surface area contributed by atoms with Gasteiger partial charge in [-0.05, 0) is 48.3 Å². The van der Waals surface area contributed by atoms with Crippen LogP contribution in [0.2, 0.25) is 0 Å². The fourth-order valence-electron chi connectivity index (χ4n) is 3.65. The standard InChI is InChI=1S/C15H30/c1-12(2)10-13(3)15(6)9-7-8-14(4,5)11-15/h12-13H,7-11H2,1-6H3. The van der Waals surface area contributed by atoms with Crippen LogP contribution in [0.4, 0.5) is 0 Å². The molecule has 0 aromatic heterocycles. The van der Waals surface area contributed by atoms with Gasteiger partial charge in [0.05, 0.1) is 0 Å². The van der Waals surface area contributed by atoms with Crippen LogP contribution in [0, 0.1) is 22.7 Å². The van der Waals surface area contributed by atoms with Crippen LogP contribution in [0.1, 0.15) is 73.6 Å². The predicted molar refractivity (Wildman–Crippen MR) is 69.0 cm³/mol. The molecule has 0 bridgehead atoms. The normalized spacial score (nSPS) is 33.0. The van der Waals surface area contributed by atoms with Crippen molar-refractivity contribution in [2.45, 2.75) is 73.6 Å². The SMILES string of the molecule is CC(C)CC(C)C1(C)CCCC(C)(C)C1. The largest absolute Gasteiger partial charge is 0.0628 e. The van der Waals surface area contributed by atoms with Crippen LogP contribution >= 0.6 is 0 Å². The van der Waals surface area contributed by atoms with Gasteiger partial charge >= 0.3 is 0 Å². The van der Waals surface area contributed by atoms with Gasteiger partial charge in [-0.15, -0.1) is 0 Å². The summed E-state index contributed by atoms with van der Waals surface area (Å²) in [6.45, 7) is 14.6. The van der Waals surface area contributed by atoms with Crippen LogP contribution in [0.5, 0.6) is 0 Å². The molecule has 1 rings (SSSR count). The zero-order valence-corrected chi connectivity index (χ0v) is 11.7. The molecule has 0 aliphatic heterocycles. The highest BCUT2D eigenvalue weighted by atomic mass is 14.4. The number of hydrogen-bond acceptors (Lipinski definition) is 0. The Morgan fingerprint density at radius 1 is 1.00 bits per heavy atom. The smallest absolute Gasteiger partial charge is 0.0295 e. The lowest BCUT2D eigenvalue weighted by Gasteiger charge is -2.47. The molecule has 0 amide bonds. The fraction of sp³-hybridized carbons (Fsp3) is 1.00. The van der Waals surface area contributed by atoms with Crippen molar-refractivity contribution in [3.8, 4) is 0 Å². The van der Waals surface area contributed by atoms with Gasteiger partial charge in [-0.1, -0.05) is 48.0 Å². The maximum atomic E-state index is 2.53. The van der Waals surface area contributed by atoms with E-state index in [2.05, 4.69) is 41.5 Å². The summed E-state index contributed by atoms with van der Waals surface area (Å²) < 4.78 is 0. The molecule has 0 radical (unpaired) electrons. The highest BCUT2D eigenvalue weighted by molar-refractivity contribution is 4.90. The Labute approximate surface area is 96.8 Å². The molecular weight excluding hydrogens is 180 g/mol. The molecule has 0 nitrogen and oxygen atoms in total. The number of hydrogen-bond donors (Lipinski definition) is 0. The molecule has 2 unspecified atom stereocenters. The molecule has 90 valence electrons. The van der Waals surface area contributed by atoms with Crippen LogP contribution in [0.15, 0.2) is 0 Å². The van der Waals surface area contributed by atoms with Crippen LogP contribution < -0.4 is 0 Å². The third-order valence-electron chi connectivity index (χ3n) is 4.50. The van der Waals surface area contributed by atoms with Crippen LogP contribution in [-0.2, 0) is 0 Å². The molecule has 0 heterocycles. The van der Waals surface area contributed by atoms with E-state index in [4.69, 9.17) is 0 Å². The molecule has 0 saturated heterocycles. The van der Waals surface area contributed by atoms with Crippen molar-refractivity contribution in [2.75, 3.05) is 0 Å². The van der Waals surface area contributed by atoms with E-state index < -0.39 is 0 Å². The van der Waals surface area contributed by atoms with Crippen molar-refractivity contribution in [1.82, 2.24) is 0 Å². The van der Waals surface area contributed by atoms with Gasteiger partial charge in [0.1, 0.15) is 0 Å². The molecule has 0 aromatic rings. The fourth-order valence-corrected chi connectivity index (χ4v) is 3.65. The Morgan fingerprint density at radius 2 is 1.60 bits per heavy atom. The second kappa shape index (κ2) is 4.47. The Bertz CT molecular complexity index is 202. The van der Waals surface area contributed by atoms with Crippen molar-refractivity contribution in [1.29, 1.82) is 0 Å². The molecule has 0 N–H and O–H groups in total. The minimum absolute atomic E-state index is 0.582. The first-order valence-electron chi connectivity index (χ1n) is 6.75. The second-order valence-electron chi connectivity index (χ2n) is 7.38. The molecule has 0 aromatic carbocycles. The molecule has 15 heavy (non-hydrogen) atoms. The van der Waals surface area contributed by atoms with Crippen LogP contribution in [0.25, 0.3) is 0 Å². The van der Waals surface area contributed by atoms with Gasteiger partial charge in [-0.2, -0.15) is 0 Å². The molecule has 1 fully saturated rings. The van der Waals surface area contributed by atoms with E-state index in [1.165, 1.54) is 32.1 Å². The summed E-state index contributed by atoms with van der Waals surface area (Å²) in [6.07, 6.45) is 7.13. The van der Waals surface area contributed by atoms with Gasteiger partial charge in [0.25, 0.3) is 0 Å². The first-order chi connectivity index (χ1) is 6.75. The first kappa shape index (κ1) is 13.1. The Morgan fingerprint density at radius 3 is 2.07 bits per heavy atom. The van der Waals surface area contributed by atoms with Gasteiger partial charge in [-0.25, -0.2) is 0 Å². The molecule has 1 aliphatic rings. The van der Waals surface area contributed by atoms with Gasteiger partial charge in [0.15, 0.2) is 0 Å². The quantitative estimate of drug-likeness (QED) is 0.595. The topological polar surface area (TPSA) is 0 Å². The summed E-state index contributed by atoms with van der Waals surface area (Å²) in [5.74, 6) is 1.74. The average molecular weight is 210 g/mol. The molecule has 1 saturated carbocycles. The van der Waals surface area contributed by atoms with E-state index in [9.17, 15) is 0 Å². The van der Waals surface area contributed by atoms with Crippen molar-refractivity contribution < 1.29 is 0 Å². The van der Waals surface area contributed by atoms with Gasteiger partial charge in [0, 0.05) is 0 Å². The summed E-state index contributed by atoms with van der Waals surface area (Å²) >= 11 is 0. The lowest BCUT2D eigenvalue weighted by molar-refractivity contribution is 0.0412. The summed E-state index contributed by atoms with van der Waals surface area (Å²) in [5, 5.41) is 0. The lowest BCUT2D eigenvalue weighted by atomic mass is 9.59. The van der Waals surface area contributed by atoms with E-state index in [0.29, 0.717) is 10.8 Å². The lowest BCUT2D eigenvalue weighted by Crippen LogP contribution is -2.36.